The van der Waals surface area contributed by atoms with Gasteiger partial charge in [-0.05, 0) is 20.3 Å². The average Bonchev–Trinajstić information content (AvgIpc) is 2.04. The molecule has 1 aliphatic heterocycles. The van der Waals surface area contributed by atoms with E-state index in [0.29, 0.717) is 0 Å². The largest absolute Gasteiger partial charge is 0.338 e. The highest BCUT2D eigenvalue weighted by Gasteiger charge is 2.24. The Morgan fingerprint density at radius 2 is 2.25 bits per heavy atom. The first kappa shape index (κ1) is 9.32. The lowest BCUT2D eigenvalue weighted by Gasteiger charge is -2.34. The smallest absolute Gasteiger partial charge is 0.317 e. The molecule has 0 spiro atoms. The SMILES string of the molecule is CC(N)C(C)N1CCCNC1=O. The maximum atomic E-state index is 11.3. The van der Waals surface area contributed by atoms with Crippen LogP contribution in [0.3, 0.4) is 0 Å². The summed E-state index contributed by atoms with van der Waals surface area (Å²) in [7, 11) is 0. The Kier molecular flexibility index (Phi) is 2.92. The lowest BCUT2D eigenvalue weighted by atomic mass is 10.1. The van der Waals surface area contributed by atoms with Gasteiger partial charge < -0.3 is 16.0 Å². The van der Waals surface area contributed by atoms with Gasteiger partial charge in [0.1, 0.15) is 0 Å². The lowest BCUT2D eigenvalue weighted by molar-refractivity contribution is 0.158. The van der Waals surface area contributed by atoms with Crippen LogP contribution in [0.25, 0.3) is 0 Å². The molecule has 1 aliphatic rings. The van der Waals surface area contributed by atoms with E-state index < -0.39 is 0 Å². The number of carbonyl (C=O) groups is 1. The molecule has 0 saturated carbocycles. The summed E-state index contributed by atoms with van der Waals surface area (Å²) in [6.07, 6.45) is 1.02. The van der Waals surface area contributed by atoms with Crippen LogP contribution < -0.4 is 11.1 Å². The van der Waals surface area contributed by atoms with Crippen LogP contribution in [0, 0.1) is 0 Å². The number of rotatable bonds is 2. The molecular formula is C8H17N3O. The Labute approximate surface area is 73.1 Å². The Balaban J connectivity index is 2.53. The van der Waals surface area contributed by atoms with Gasteiger partial charge in [0.05, 0.1) is 0 Å². The number of amides is 2. The number of carbonyl (C=O) groups excluding carboxylic acids is 1. The van der Waals surface area contributed by atoms with Crippen molar-refractivity contribution in [2.45, 2.75) is 32.4 Å². The quantitative estimate of drug-likeness (QED) is 0.620. The molecule has 0 bridgehead atoms. The summed E-state index contributed by atoms with van der Waals surface area (Å²) >= 11 is 0. The first-order valence-corrected chi connectivity index (χ1v) is 4.43. The van der Waals surface area contributed by atoms with E-state index in [2.05, 4.69) is 5.32 Å². The molecule has 0 aliphatic carbocycles. The summed E-state index contributed by atoms with van der Waals surface area (Å²) in [6.45, 7) is 5.53. The van der Waals surface area contributed by atoms with E-state index >= 15 is 0 Å². The van der Waals surface area contributed by atoms with Gasteiger partial charge in [0.25, 0.3) is 0 Å². The number of hydrogen-bond acceptors (Lipinski definition) is 2. The Morgan fingerprint density at radius 1 is 1.58 bits per heavy atom. The van der Waals surface area contributed by atoms with Gasteiger partial charge >= 0.3 is 6.03 Å². The van der Waals surface area contributed by atoms with Crippen molar-refractivity contribution in [1.82, 2.24) is 10.2 Å². The van der Waals surface area contributed by atoms with Crippen molar-refractivity contribution < 1.29 is 4.79 Å². The number of nitrogens with one attached hydrogen (secondary N) is 1. The number of nitrogens with zero attached hydrogens (tertiary/aromatic N) is 1. The van der Waals surface area contributed by atoms with Gasteiger partial charge in [0, 0.05) is 25.2 Å². The maximum Gasteiger partial charge on any atom is 0.317 e. The standard InChI is InChI=1S/C8H17N3O/c1-6(9)7(2)11-5-3-4-10-8(11)12/h6-7H,3-5,9H2,1-2H3,(H,10,12). The van der Waals surface area contributed by atoms with Gasteiger partial charge in [-0.2, -0.15) is 0 Å². The molecule has 2 amide bonds. The van der Waals surface area contributed by atoms with Crippen LogP contribution in [-0.2, 0) is 0 Å². The zero-order valence-electron chi connectivity index (χ0n) is 7.71. The van der Waals surface area contributed by atoms with Crippen LogP contribution in [0.2, 0.25) is 0 Å². The van der Waals surface area contributed by atoms with Crippen molar-refractivity contribution in [1.29, 1.82) is 0 Å². The number of nitrogens with two attached hydrogens (primary N) is 1. The number of hydrogen-bond donors (Lipinski definition) is 2. The van der Waals surface area contributed by atoms with E-state index in [-0.39, 0.29) is 18.1 Å². The molecule has 4 heteroatoms. The molecule has 4 nitrogen and oxygen atoms in total. The van der Waals surface area contributed by atoms with Crippen LogP contribution in [0.5, 0.6) is 0 Å². The zero-order chi connectivity index (χ0) is 9.14. The lowest BCUT2D eigenvalue weighted by Crippen LogP contribution is -2.54. The summed E-state index contributed by atoms with van der Waals surface area (Å²) in [5.41, 5.74) is 5.71. The van der Waals surface area contributed by atoms with Crippen LogP contribution in [0.4, 0.5) is 4.79 Å². The second-order valence-corrected chi connectivity index (χ2v) is 3.38. The molecular weight excluding hydrogens is 154 g/mol. The molecule has 70 valence electrons. The predicted octanol–water partition coefficient (Wildman–Crippen LogP) is 0.137. The molecule has 12 heavy (non-hydrogen) atoms. The molecule has 1 heterocycles. The monoisotopic (exact) mass is 171 g/mol. The second-order valence-electron chi connectivity index (χ2n) is 3.38. The second kappa shape index (κ2) is 3.76. The molecule has 1 fully saturated rings. The first-order valence-electron chi connectivity index (χ1n) is 4.43. The van der Waals surface area contributed by atoms with Gasteiger partial charge in [0.2, 0.25) is 0 Å². The van der Waals surface area contributed by atoms with Crippen molar-refractivity contribution in [3.8, 4) is 0 Å². The van der Waals surface area contributed by atoms with Gasteiger partial charge in [-0.1, -0.05) is 0 Å². The van der Waals surface area contributed by atoms with Gasteiger partial charge in [0.15, 0.2) is 0 Å². The summed E-state index contributed by atoms with van der Waals surface area (Å²) in [5.74, 6) is 0. The van der Waals surface area contributed by atoms with Crippen LogP contribution in [0.1, 0.15) is 20.3 Å². The van der Waals surface area contributed by atoms with Crippen molar-refractivity contribution >= 4 is 6.03 Å². The fraction of sp³-hybridized carbons (Fsp3) is 0.875. The highest BCUT2D eigenvalue weighted by atomic mass is 16.2. The maximum absolute atomic E-state index is 11.3. The molecule has 0 aromatic rings. The first-order chi connectivity index (χ1) is 5.63. The van der Waals surface area contributed by atoms with E-state index in [0.717, 1.165) is 19.5 Å². The summed E-state index contributed by atoms with van der Waals surface area (Å²) < 4.78 is 0. The van der Waals surface area contributed by atoms with E-state index in [1.54, 1.807) is 4.90 Å². The minimum absolute atomic E-state index is 0.0195. The molecule has 2 atom stereocenters. The van der Waals surface area contributed by atoms with E-state index in [4.69, 9.17) is 5.73 Å². The predicted molar refractivity (Wildman–Crippen MR) is 47.8 cm³/mol. The van der Waals surface area contributed by atoms with Gasteiger partial charge in [-0.15, -0.1) is 0 Å². The van der Waals surface area contributed by atoms with Crippen molar-refractivity contribution in [3.05, 3.63) is 0 Å². The molecule has 0 aromatic heterocycles. The molecule has 0 aromatic carbocycles. The Bertz CT molecular complexity index is 170. The fourth-order valence-corrected chi connectivity index (χ4v) is 1.32. The van der Waals surface area contributed by atoms with Crippen molar-refractivity contribution in [2.24, 2.45) is 5.73 Å². The molecule has 0 radical (unpaired) electrons. The van der Waals surface area contributed by atoms with Crippen molar-refractivity contribution in [3.63, 3.8) is 0 Å². The number of urea groups is 1. The fourth-order valence-electron chi connectivity index (χ4n) is 1.32. The highest BCUT2D eigenvalue weighted by Crippen LogP contribution is 2.07. The normalized spacial score (nSPS) is 23.2. The summed E-state index contributed by atoms with van der Waals surface area (Å²) in [4.78, 5) is 13.1. The minimum atomic E-state index is 0.0195. The summed E-state index contributed by atoms with van der Waals surface area (Å²) in [5, 5.41) is 2.80. The molecule has 3 N–H and O–H groups in total. The van der Waals surface area contributed by atoms with Crippen molar-refractivity contribution in [2.75, 3.05) is 13.1 Å². The molecule has 2 unspecified atom stereocenters. The topological polar surface area (TPSA) is 58.4 Å². The molecule has 1 rings (SSSR count). The van der Waals surface area contributed by atoms with E-state index in [1.807, 2.05) is 13.8 Å². The van der Waals surface area contributed by atoms with Gasteiger partial charge in [-0.3, -0.25) is 0 Å². The van der Waals surface area contributed by atoms with Crippen LogP contribution in [0.15, 0.2) is 0 Å². The average molecular weight is 171 g/mol. The highest BCUT2D eigenvalue weighted by molar-refractivity contribution is 5.75. The van der Waals surface area contributed by atoms with E-state index in [1.165, 1.54) is 0 Å². The summed E-state index contributed by atoms with van der Waals surface area (Å²) in [6, 6.07) is 0.185. The Morgan fingerprint density at radius 3 is 2.75 bits per heavy atom. The zero-order valence-corrected chi connectivity index (χ0v) is 7.71. The minimum Gasteiger partial charge on any atom is -0.338 e. The van der Waals surface area contributed by atoms with Crippen LogP contribution >= 0.6 is 0 Å². The molecule has 1 saturated heterocycles. The Hall–Kier alpha value is -0.770. The van der Waals surface area contributed by atoms with Gasteiger partial charge in [-0.25, -0.2) is 4.79 Å². The third-order valence-electron chi connectivity index (χ3n) is 2.37. The third-order valence-corrected chi connectivity index (χ3v) is 2.37. The third kappa shape index (κ3) is 1.88. The van der Waals surface area contributed by atoms with Crippen LogP contribution in [-0.4, -0.2) is 36.1 Å². The van der Waals surface area contributed by atoms with E-state index in [9.17, 15) is 4.79 Å².